The largest absolute Gasteiger partial charge is 0.298 e. The summed E-state index contributed by atoms with van der Waals surface area (Å²) in [6.45, 7) is 9.85. The fraction of sp³-hybridized carbons (Fsp3) is 0.200. The van der Waals surface area contributed by atoms with Crippen LogP contribution in [-0.4, -0.2) is 25.7 Å². The van der Waals surface area contributed by atoms with E-state index in [0.29, 0.717) is 34.0 Å². The van der Waals surface area contributed by atoms with Crippen LogP contribution in [0.1, 0.15) is 23.7 Å². The minimum atomic E-state index is -0.350. The van der Waals surface area contributed by atoms with Gasteiger partial charge < -0.3 is 0 Å². The van der Waals surface area contributed by atoms with E-state index in [1.807, 2.05) is 42.0 Å². The van der Waals surface area contributed by atoms with E-state index in [1.165, 1.54) is 41.7 Å². The first-order valence-electron chi connectivity index (χ1n) is 10.6. The lowest BCUT2D eigenvalue weighted by atomic mass is 10.1. The average molecular weight is 494 g/mol. The lowest BCUT2D eigenvalue weighted by molar-refractivity contribution is -0.115. The van der Waals surface area contributed by atoms with Crippen molar-refractivity contribution in [3.05, 3.63) is 83.1 Å². The summed E-state index contributed by atoms with van der Waals surface area (Å²) in [7, 11) is 0. The van der Waals surface area contributed by atoms with Gasteiger partial charge in [-0.2, -0.15) is 0 Å². The predicted molar refractivity (Wildman–Crippen MR) is 136 cm³/mol. The summed E-state index contributed by atoms with van der Waals surface area (Å²) in [6, 6.07) is 12.4. The second kappa shape index (κ2) is 10.3. The highest BCUT2D eigenvalue weighted by Crippen LogP contribution is 2.33. The quantitative estimate of drug-likeness (QED) is 0.212. The summed E-state index contributed by atoms with van der Waals surface area (Å²) >= 11 is 2.87. The Balaban J connectivity index is 1.56. The number of benzene rings is 2. The predicted octanol–water partition coefficient (Wildman–Crippen LogP) is 6.32. The summed E-state index contributed by atoms with van der Waals surface area (Å²) < 4.78 is 16.2. The van der Waals surface area contributed by atoms with Gasteiger partial charge in [0.25, 0.3) is 0 Å². The third kappa shape index (κ3) is 4.95. The molecular weight excluding hydrogens is 469 g/mol. The minimum Gasteiger partial charge on any atom is -0.298 e. The van der Waals surface area contributed by atoms with Crippen molar-refractivity contribution in [3.63, 3.8) is 0 Å². The number of aromatic nitrogens is 4. The Kier molecular flexibility index (Phi) is 7.23. The van der Waals surface area contributed by atoms with Gasteiger partial charge in [-0.1, -0.05) is 36.0 Å². The van der Waals surface area contributed by atoms with E-state index < -0.39 is 0 Å². The Labute approximate surface area is 206 Å². The van der Waals surface area contributed by atoms with Gasteiger partial charge in [-0.3, -0.25) is 14.3 Å². The number of aryl methyl sites for hydroxylation is 2. The number of nitrogens with zero attached hydrogens (tertiary/aromatic N) is 5. The lowest BCUT2D eigenvalue weighted by Crippen LogP contribution is -2.22. The lowest BCUT2D eigenvalue weighted by Gasteiger charge is -2.19. The molecule has 0 aliphatic carbocycles. The second-order valence-electron chi connectivity index (χ2n) is 7.72. The van der Waals surface area contributed by atoms with Crippen LogP contribution >= 0.6 is 23.1 Å². The third-order valence-corrected chi connectivity index (χ3v) is 7.16. The summed E-state index contributed by atoms with van der Waals surface area (Å²) in [6.07, 6.45) is 1.73. The monoisotopic (exact) mass is 493 g/mol. The Morgan fingerprint density at radius 2 is 2.00 bits per heavy atom. The number of anilines is 2. The van der Waals surface area contributed by atoms with Crippen molar-refractivity contribution in [3.8, 4) is 11.4 Å². The first-order valence-corrected chi connectivity index (χ1v) is 12.5. The molecule has 9 heteroatoms. The first-order chi connectivity index (χ1) is 16.4. The van der Waals surface area contributed by atoms with E-state index >= 15 is 0 Å². The third-order valence-electron chi connectivity index (χ3n) is 5.29. The van der Waals surface area contributed by atoms with Crippen molar-refractivity contribution in [2.75, 3.05) is 4.90 Å². The van der Waals surface area contributed by atoms with E-state index in [2.05, 4.69) is 16.8 Å². The molecule has 0 bridgehead atoms. The molecule has 0 unspecified atom stereocenters. The number of halogens is 1. The summed E-state index contributed by atoms with van der Waals surface area (Å²) in [5.74, 6) is 0.535. The van der Waals surface area contributed by atoms with Gasteiger partial charge in [0.1, 0.15) is 5.82 Å². The minimum absolute atomic E-state index is 0.0999. The van der Waals surface area contributed by atoms with Crippen LogP contribution < -0.4 is 4.90 Å². The van der Waals surface area contributed by atoms with E-state index in [0.717, 1.165) is 16.9 Å². The molecule has 0 fully saturated rings. The maximum Gasteiger partial charge on any atom is 0.230 e. The molecule has 0 saturated heterocycles. The van der Waals surface area contributed by atoms with Crippen LogP contribution in [0.25, 0.3) is 11.4 Å². The van der Waals surface area contributed by atoms with E-state index in [1.54, 1.807) is 29.2 Å². The molecule has 0 aliphatic rings. The van der Waals surface area contributed by atoms with Crippen molar-refractivity contribution >= 4 is 39.8 Å². The summed E-state index contributed by atoms with van der Waals surface area (Å²) in [5.41, 5.74) is 4.29. The molecule has 0 saturated carbocycles. The Morgan fingerprint density at radius 1 is 1.21 bits per heavy atom. The van der Waals surface area contributed by atoms with Crippen molar-refractivity contribution in [2.24, 2.45) is 0 Å². The summed E-state index contributed by atoms with van der Waals surface area (Å²) in [4.78, 5) is 18.8. The number of allylic oxidation sites excluding steroid dienone is 1. The van der Waals surface area contributed by atoms with Crippen LogP contribution in [0, 0.1) is 19.7 Å². The van der Waals surface area contributed by atoms with Crippen LogP contribution in [0.15, 0.2) is 65.7 Å². The Morgan fingerprint density at radius 3 is 2.71 bits per heavy atom. The van der Waals surface area contributed by atoms with Crippen molar-refractivity contribution in [1.82, 2.24) is 19.7 Å². The number of rotatable bonds is 8. The van der Waals surface area contributed by atoms with Gasteiger partial charge in [-0.05, 0) is 49.2 Å². The van der Waals surface area contributed by atoms with Gasteiger partial charge in [0.2, 0.25) is 5.91 Å². The van der Waals surface area contributed by atoms with Crippen LogP contribution in [0.5, 0.6) is 0 Å². The number of carbonyl (C=O) groups is 1. The highest BCUT2D eigenvalue weighted by molar-refractivity contribution is 7.98. The van der Waals surface area contributed by atoms with Crippen molar-refractivity contribution in [1.29, 1.82) is 0 Å². The van der Waals surface area contributed by atoms with Crippen LogP contribution in [0.3, 0.4) is 0 Å². The number of thiazole rings is 1. The van der Waals surface area contributed by atoms with Crippen LogP contribution in [0.4, 0.5) is 15.2 Å². The molecule has 2 aromatic heterocycles. The van der Waals surface area contributed by atoms with Gasteiger partial charge in [-0.15, -0.1) is 28.1 Å². The molecule has 4 rings (SSSR count). The SMILES string of the molecule is C=CCn1c(SCc2csc(N(C(C)=O)c3ccc(C)c(C)c3)n2)nnc1-c1ccccc1F. The average Bonchev–Trinajstić information content (AvgIpc) is 3.42. The molecule has 2 aromatic carbocycles. The van der Waals surface area contributed by atoms with Crippen molar-refractivity contribution in [2.45, 2.75) is 38.2 Å². The second-order valence-corrected chi connectivity index (χ2v) is 9.50. The highest BCUT2D eigenvalue weighted by atomic mass is 32.2. The molecule has 1 amide bonds. The van der Waals surface area contributed by atoms with Gasteiger partial charge in [-0.25, -0.2) is 9.37 Å². The van der Waals surface area contributed by atoms with Gasteiger partial charge in [0.05, 0.1) is 16.9 Å². The number of amides is 1. The molecule has 0 atom stereocenters. The molecule has 174 valence electrons. The molecule has 2 heterocycles. The van der Waals surface area contributed by atoms with E-state index in [4.69, 9.17) is 4.98 Å². The van der Waals surface area contributed by atoms with Crippen LogP contribution in [0.2, 0.25) is 0 Å². The standard InChI is InChI=1S/C25H24FN5OS2/c1-5-12-30-23(21-8-6-7-9-22(21)26)28-29-25(30)34-15-19-14-33-24(27-19)31(18(4)32)20-11-10-16(2)17(3)13-20/h5-11,13-14H,1,12,15H2,2-4H3. The highest BCUT2D eigenvalue weighted by Gasteiger charge is 2.20. The molecule has 4 aromatic rings. The number of thioether (sulfide) groups is 1. The molecule has 0 radical (unpaired) electrons. The molecular formula is C25H24FN5OS2. The Hall–Kier alpha value is -3.30. The fourth-order valence-electron chi connectivity index (χ4n) is 3.43. The number of carbonyl (C=O) groups excluding carboxylic acids is 1. The van der Waals surface area contributed by atoms with E-state index in [9.17, 15) is 9.18 Å². The smallest absolute Gasteiger partial charge is 0.230 e. The topological polar surface area (TPSA) is 63.9 Å². The normalized spacial score (nSPS) is 10.9. The molecule has 6 nitrogen and oxygen atoms in total. The Bertz CT molecular complexity index is 1350. The van der Waals surface area contributed by atoms with Crippen LogP contribution in [-0.2, 0) is 17.1 Å². The maximum atomic E-state index is 14.3. The maximum absolute atomic E-state index is 14.3. The zero-order chi connectivity index (χ0) is 24.2. The summed E-state index contributed by atoms with van der Waals surface area (Å²) in [5, 5.41) is 11.7. The zero-order valence-electron chi connectivity index (χ0n) is 19.2. The van der Waals surface area contributed by atoms with E-state index in [-0.39, 0.29) is 11.7 Å². The fourth-order valence-corrected chi connectivity index (χ4v) is 5.26. The van der Waals surface area contributed by atoms with Gasteiger partial charge in [0.15, 0.2) is 16.1 Å². The number of hydrogen-bond donors (Lipinski definition) is 0. The zero-order valence-corrected chi connectivity index (χ0v) is 20.8. The molecule has 0 N–H and O–H groups in total. The molecule has 0 aliphatic heterocycles. The molecule has 0 spiro atoms. The molecule has 34 heavy (non-hydrogen) atoms. The van der Waals surface area contributed by atoms with Crippen molar-refractivity contribution < 1.29 is 9.18 Å². The first kappa shape index (κ1) is 23.8. The number of hydrogen-bond acceptors (Lipinski definition) is 6. The van der Waals surface area contributed by atoms with Gasteiger partial charge in [0, 0.05) is 24.6 Å². The van der Waals surface area contributed by atoms with Gasteiger partial charge >= 0.3 is 0 Å².